The maximum absolute atomic E-state index is 4.56. The number of hydrogen-bond donors (Lipinski definition) is 2. The third kappa shape index (κ3) is 5.44. The fraction of sp³-hybridized carbons (Fsp3) is 0.368. The lowest BCUT2D eigenvalue weighted by Crippen LogP contribution is -2.37. The standard InChI is InChI=1S/C19H25N5S.HI/c1-3-18-23-16(14-25-18)13-22-19(20-2)21-10-6-11-24-12-9-15-7-4-5-8-17(15)24;/h4-5,7-9,12,14H,3,6,10-11,13H2,1-2H3,(H2,20,21,22);1H. The molecule has 1 aromatic carbocycles. The highest BCUT2D eigenvalue weighted by atomic mass is 127. The minimum absolute atomic E-state index is 0. The van der Waals surface area contributed by atoms with Gasteiger partial charge in [0.2, 0.25) is 0 Å². The van der Waals surface area contributed by atoms with Crippen LogP contribution < -0.4 is 10.6 Å². The molecule has 0 amide bonds. The Morgan fingerprint density at radius 3 is 2.85 bits per heavy atom. The Morgan fingerprint density at radius 1 is 1.23 bits per heavy atom. The fourth-order valence-electron chi connectivity index (χ4n) is 2.78. The molecule has 2 heterocycles. The zero-order valence-corrected chi connectivity index (χ0v) is 18.4. The SMILES string of the molecule is CCc1nc(CNC(=NC)NCCCn2ccc3ccccc32)cs1.I. The number of nitrogens with one attached hydrogen (secondary N) is 2. The minimum Gasteiger partial charge on any atom is -0.356 e. The molecule has 0 spiro atoms. The molecule has 0 aliphatic heterocycles. The van der Waals surface area contributed by atoms with E-state index in [0.717, 1.165) is 37.6 Å². The number of fused-ring (bicyclic) bond motifs is 1. The molecular formula is C19H26IN5S. The number of halogens is 1. The van der Waals surface area contributed by atoms with Crippen LogP contribution in [0.15, 0.2) is 46.9 Å². The van der Waals surface area contributed by atoms with E-state index in [1.807, 2.05) is 0 Å². The van der Waals surface area contributed by atoms with Crippen molar-refractivity contribution in [3.05, 3.63) is 52.6 Å². The Kier molecular flexibility index (Phi) is 8.37. The Labute approximate surface area is 176 Å². The van der Waals surface area contributed by atoms with Gasteiger partial charge in [-0.2, -0.15) is 0 Å². The summed E-state index contributed by atoms with van der Waals surface area (Å²) in [6.07, 6.45) is 4.19. The summed E-state index contributed by atoms with van der Waals surface area (Å²) in [5, 5.41) is 11.3. The van der Waals surface area contributed by atoms with Crippen molar-refractivity contribution in [1.29, 1.82) is 0 Å². The van der Waals surface area contributed by atoms with Crippen LogP contribution in [-0.4, -0.2) is 29.1 Å². The van der Waals surface area contributed by atoms with Gasteiger partial charge < -0.3 is 15.2 Å². The van der Waals surface area contributed by atoms with E-state index in [2.05, 4.69) is 74.0 Å². The van der Waals surface area contributed by atoms with Crippen LogP contribution in [0, 0.1) is 0 Å². The molecule has 0 fully saturated rings. The summed E-state index contributed by atoms with van der Waals surface area (Å²) in [7, 11) is 1.80. The van der Waals surface area contributed by atoms with Crippen molar-refractivity contribution in [2.45, 2.75) is 32.9 Å². The van der Waals surface area contributed by atoms with Gasteiger partial charge >= 0.3 is 0 Å². The van der Waals surface area contributed by atoms with E-state index in [4.69, 9.17) is 0 Å². The van der Waals surface area contributed by atoms with Crippen LogP contribution in [0.3, 0.4) is 0 Å². The summed E-state index contributed by atoms with van der Waals surface area (Å²) >= 11 is 1.72. The molecule has 0 aliphatic carbocycles. The normalized spacial score (nSPS) is 11.4. The van der Waals surface area contributed by atoms with Crippen LogP contribution in [-0.2, 0) is 19.5 Å². The molecule has 3 aromatic rings. The van der Waals surface area contributed by atoms with Gasteiger partial charge in [0.1, 0.15) is 0 Å². The summed E-state index contributed by atoms with van der Waals surface area (Å²) in [5.74, 6) is 0.823. The first kappa shape index (κ1) is 20.7. The van der Waals surface area contributed by atoms with Gasteiger partial charge in [-0.3, -0.25) is 4.99 Å². The van der Waals surface area contributed by atoms with Gasteiger partial charge in [0.05, 0.1) is 17.2 Å². The fourth-order valence-corrected chi connectivity index (χ4v) is 3.52. The van der Waals surface area contributed by atoms with E-state index in [-0.39, 0.29) is 24.0 Å². The number of aryl methyl sites for hydroxylation is 2. The van der Waals surface area contributed by atoms with Gasteiger partial charge in [0.25, 0.3) is 0 Å². The molecule has 5 nitrogen and oxygen atoms in total. The molecule has 140 valence electrons. The summed E-state index contributed by atoms with van der Waals surface area (Å²) in [5.41, 5.74) is 2.36. The second-order valence-electron chi connectivity index (χ2n) is 5.86. The quantitative estimate of drug-likeness (QED) is 0.231. The summed E-state index contributed by atoms with van der Waals surface area (Å²) in [6.45, 7) is 4.70. The van der Waals surface area contributed by atoms with Gasteiger partial charge in [0, 0.05) is 37.2 Å². The highest BCUT2D eigenvalue weighted by molar-refractivity contribution is 14.0. The van der Waals surface area contributed by atoms with Crippen molar-refractivity contribution >= 4 is 52.2 Å². The van der Waals surface area contributed by atoms with E-state index in [1.54, 1.807) is 18.4 Å². The van der Waals surface area contributed by atoms with Crippen LogP contribution in [0.25, 0.3) is 10.9 Å². The van der Waals surface area contributed by atoms with E-state index in [1.165, 1.54) is 15.9 Å². The van der Waals surface area contributed by atoms with Gasteiger partial charge in [-0.25, -0.2) is 4.98 Å². The van der Waals surface area contributed by atoms with E-state index >= 15 is 0 Å². The average Bonchev–Trinajstić information content (AvgIpc) is 3.28. The monoisotopic (exact) mass is 483 g/mol. The Bertz CT molecular complexity index is 839. The van der Waals surface area contributed by atoms with Gasteiger partial charge in [-0.05, 0) is 30.4 Å². The number of guanidine groups is 1. The zero-order valence-electron chi connectivity index (χ0n) is 15.2. The average molecular weight is 483 g/mol. The predicted octanol–water partition coefficient (Wildman–Crippen LogP) is 4.03. The highest BCUT2D eigenvalue weighted by Crippen LogP contribution is 2.15. The summed E-state index contributed by atoms with van der Waals surface area (Å²) < 4.78 is 2.30. The predicted molar refractivity (Wildman–Crippen MR) is 122 cm³/mol. The van der Waals surface area contributed by atoms with Crippen molar-refractivity contribution in [1.82, 2.24) is 20.2 Å². The van der Waals surface area contributed by atoms with Gasteiger partial charge in [-0.15, -0.1) is 35.3 Å². The largest absolute Gasteiger partial charge is 0.356 e. The van der Waals surface area contributed by atoms with E-state index in [0.29, 0.717) is 6.54 Å². The number of aliphatic imine (C=N–C) groups is 1. The summed E-state index contributed by atoms with van der Waals surface area (Å²) in [6, 6.07) is 10.7. The van der Waals surface area contributed by atoms with Crippen LogP contribution >= 0.6 is 35.3 Å². The molecule has 0 radical (unpaired) electrons. The number of thiazole rings is 1. The third-order valence-corrected chi connectivity index (χ3v) is 5.15. The van der Waals surface area contributed by atoms with Crippen molar-refractivity contribution in [3.63, 3.8) is 0 Å². The highest BCUT2D eigenvalue weighted by Gasteiger charge is 2.03. The lowest BCUT2D eigenvalue weighted by Gasteiger charge is -2.11. The van der Waals surface area contributed by atoms with E-state index in [9.17, 15) is 0 Å². The third-order valence-electron chi connectivity index (χ3n) is 4.11. The Hall–Kier alpha value is -1.61. The number of hydrogen-bond acceptors (Lipinski definition) is 3. The first-order chi connectivity index (χ1) is 12.3. The first-order valence-corrected chi connectivity index (χ1v) is 9.59. The second-order valence-corrected chi connectivity index (χ2v) is 6.80. The van der Waals surface area contributed by atoms with Crippen molar-refractivity contribution in [2.75, 3.05) is 13.6 Å². The van der Waals surface area contributed by atoms with Crippen LogP contribution in [0.4, 0.5) is 0 Å². The summed E-state index contributed by atoms with van der Waals surface area (Å²) in [4.78, 5) is 8.84. The topological polar surface area (TPSA) is 54.2 Å². The molecule has 2 aromatic heterocycles. The molecule has 7 heteroatoms. The Balaban J connectivity index is 0.00000243. The molecule has 0 atom stereocenters. The minimum atomic E-state index is 0. The number of nitrogens with zero attached hydrogens (tertiary/aromatic N) is 3. The van der Waals surface area contributed by atoms with Crippen molar-refractivity contribution in [2.24, 2.45) is 4.99 Å². The van der Waals surface area contributed by atoms with Gasteiger partial charge in [0.15, 0.2) is 5.96 Å². The molecule has 26 heavy (non-hydrogen) atoms. The molecule has 0 aliphatic rings. The molecule has 2 N–H and O–H groups in total. The van der Waals surface area contributed by atoms with Crippen LogP contribution in [0.5, 0.6) is 0 Å². The number of aromatic nitrogens is 2. The number of benzene rings is 1. The molecule has 0 bridgehead atoms. The lowest BCUT2D eigenvalue weighted by atomic mass is 10.2. The maximum atomic E-state index is 4.56. The molecule has 0 saturated heterocycles. The lowest BCUT2D eigenvalue weighted by molar-refractivity contribution is 0.640. The first-order valence-electron chi connectivity index (χ1n) is 8.72. The molecule has 0 unspecified atom stereocenters. The molecule has 0 saturated carbocycles. The van der Waals surface area contributed by atoms with E-state index < -0.39 is 0 Å². The molecular weight excluding hydrogens is 457 g/mol. The smallest absolute Gasteiger partial charge is 0.191 e. The van der Waals surface area contributed by atoms with Gasteiger partial charge in [-0.1, -0.05) is 25.1 Å². The van der Waals surface area contributed by atoms with Crippen molar-refractivity contribution < 1.29 is 0 Å². The molecule has 3 rings (SSSR count). The van der Waals surface area contributed by atoms with Crippen LogP contribution in [0.2, 0.25) is 0 Å². The maximum Gasteiger partial charge on any atom is 0.191 e. The number of para-hydroxylation sites is 1. The van der Waals surface area contributed by atoms with Crippen LogP contribution in [0.1, 0.15) is 24.0 Å². The zero-order chi connectivity index (χ0) is 17.5. The Morgan fingerprint density at radius 2 is 2.08 bits per heavy atom. The second kappa shape index (κ2) is 10.5. The number of rotatable bonds is 7. The van der Waals surface area contributed by atoms with Crippen molar-refractivity contribution in [3.8, 4) is 0 Å².